The van der Waals surface area contributed by atoms with E-state index in [0.717, 1.165) is 56.7 Å². The predicted octanol–water partition coefficient (Wildman–Crippen LogP) is 2.48. The number of hydrogen-bond acceptors (Lipinski definition) is 5. The number of piperidine rings is 1. The highest BCUT2D eigenvalue weighted by Gasteiger charge is 2.28. The molecule has 1 fully saturated rings. The lowest BCUT2D eigenvalue weighted by molar-refractivity contribution is 0.0498. The third-order valence-electron chi connectivity index (χ3n) is 4.59. The number of carbonyl (C=O) groups excluding carboxylic acids is 1. The lowest BCUT2D eigenvalue weighted by atomic mass is 10.0. The number of ether oxygens (including phenoxy) is 2. The molecule has 0 aliphatic carbocycles. The lowest BCUT2D eigenvalue weighted by Crippen LogP contribution is -2.51. The summed E-state index contributed by atoms with van der Waals surface area (Å²) in [5.41, 5.74) is 7.71. The Hall–Kier alpha value is -1.53. The quantitative estimate of drug-likeness (QED) is 0.563. The Bertz CT molecular complexity index is 530. The smallest absolute Gasteiger partial charge is 0.340 e. The Balaban J connectivity index is 2.13. The maximum atomic E-state index is 12.4. The summed E-state index contributed by atoms with van der Waals surface area (Å²) in [6.45, 7) is 6.25. The summed E-state index contributed by atoms with van der Waals surface area (Å²) in [6, 6.07) is 1.98. The molecule has 0 aromatic carbocycles. The lowest BCUT2D eigenvalue weighted by Gasteiger charge is -2.36. The van der Waals surface area contributed by atoms with E-state index >= 15 is 0 Å². The van der Waals surface area contributed by atoms with Crippen LogP contribution in [0, 0.1) is 0 Å². The fourth-order valence-electron chi connectivity index (χ4n) is 3.07. The largest absolute Gasteiger partial charge is 0.462 e. The van der Waals surface area contributed by atoms with Crippen molar-refractivity contribution in [1.29, 1.82) is 0 Å². The van der Waals surface area contributed by atoms with Gasteiger partial charge in [-0.15, -0.1) is 0 Å². The van der Waals surface area contributed by atoms with Gasteiger partial charge < -0.3 is 25.1 Å². The van der Waals surface area contributed by atoms with Crippen molar-refractivity contribution >= 4 is 11.8 Å². The molecule has 0 spiro atoms. The van der Waals surface area contributed by atoms with Gasteiger partial charge in [-0.3, -0.25) is 0 Å². The van der Waals surface area contributed by atoms with Crippen molar-refractivity contribution in [1.82, 2.24) is 4.98 Å². The summed E-state index contributed by atoms with van der Waals surface area (Å²) in [7, 11) is 1.70. The standard InChI is InChI=1S/C18H31N3O3/c1-4-6-10-24-18(22)13-11-17(20-15(13)7-5-2)21-9-8-14(19)16(12-21)23-3/h11,14,16,20H,4-10,12,19H2,1-3H3. The normalized spacial score (nSPS) is 21.1. The van der Waals surface area contributed by atoms with E-state index in [1.54, 1.807) is 7.11 Å². The third kappa shape index (κ3) is 4.51. The Morgan fingerprint density at radius 1 is 1.42 bits per heavy atom. The average molecular weight is 337 g/mol. The molecule has 2 heterocycles. The van der Waals surface area contributed by atoms with Crippen LogP contribution in [-0.4, -0.2) is 49.9 Å². The molecule has 24 heavy (non-hydrogen) atoms. The summed E-state index contributed by atoms with van der Waals surface area (Å²) in [4.78, 5) is 18.0. The van der Waals surface area contributed by atoms with Gasteiger partial charge in [0, 0.05) is 31.9 Å². The molecule has 3 N–H and O–H groups in total. The molecule has 1 aliphatic heterocycles. The van der Waals surface area contributed by atoms with Crippen LogP contribution in [0.5, 0.6) is 0 Å². The van der Waals surface area contributed by atoms with Crippen molar-refractivity contribution < 1.29 is 14.3 Å². The first-order valence-electron chi connectivity index (χ1n) is 9.03. The van der Waals surface area contributed by atoms with E-state index in [2.05, 4.69) is 23.7 Å². The Morgan fingerprint density at radius 2 is 2.21 bits per heavy atom. The molecule has 0 amide bonds. The van der Waals surface area contributed by atoms with Gasteiger partial charge in [0.25, 0.3) is 0 Å². The number of nitrogens with zero attached hydrogens (tertiary/aromatic N) is 1. The zero-order chi connectivity index (χ0) is 17.5. The van der Waals surface area contributed by atoms with Crippen LogP contribution in [-0.2, 0) is 15.9 Å². The van der Waals surface area contributed by atoms with E-state index in [1.165, 1.54) is 0 Å². The molecule has 0 saturated carbocycles. The highest BCUT2D eigenvalue weighted by Crippen LogP contribution is 2.24. The fraction of sp³-hybridized carbons (Fsp3) is 0.722. The van der Waals surface area contributed by atoms with Gasteiger partial charge in [0.1, 0.15) is 5.82 Å². The number of nitrogens with one attached hydrogen (secondary N) is 1. The number of nitrogens with two attached hydrogens (primary N) is 1. The van der Waals surface area contributed by atoms with Crippen LogP contribution in [0.4, 0.5) is 5.82 Å². The number of aromatic amines is 1. The van der Waals surface area contributed by atoms with Gasteiger partial charge in [-0.2, -0.15) is 0 Å². The molecule has 6 nitrogen and oxygen atoms in total. The number of H-pyrrole nitrogens is 1. The highest BCUT2D eigenvalue weighted by molar-refractivity contribution is 5.92. The van der Waals surface area contributed by atoms with E-state index in [0.29, 0.717) is 12.2 Å². The first-order valence-corrected chi connectivity index (χ1v) is 9.03. The van der Waals surface area contributed by atoms with Crippen molar-refractivity contribution in [2.24, 2.45) is 5.73 Å². The number of methoxy groups -OCH3 is 1. The number of aromatic nitrogens is 1. The first-order chi connectivity index (χ1) is 11.6. The van der Waals surface area contributed by atoms with Gasteiger partial charge in [-0.05, 0) is 25.3 Å². The minimum atomic E-state index is -0.230. The molecule has 2 unspecified atom stereocenters. The van der Waals surface area contributed by atoms with Crippen LogP contribution in [0.15, 0.2) is 6.07 Å². The average Bonchev–Trinajstić information content (AvgIpc) is 3.00. The summed E-state index contributed by atoms with van der Waals surface area (Å²) >= 11 is 0. The van der Waals surface area contributed by atoms with Gasteiger partial charge in [-0.25, -0.2) is 4.79 Å². The van der Waals surface area contributed by atoms with Crippen LogP contribution in [0.25, 0.3) is 0 Å². The Labute approximate surface area is 144 Å². The first kappa shape index (κ1) is 18.8. The number of esters is 1. The molecule has 6 heteroatoms. The molecular formula is C18H31N3O3. The second-order valence-electron chi connectivity index (χ2n) is 6.46. The van der Waals surface area contributed by atoms with E-state index in [-0.39, 0.29) is 18.1 Å². The van der Waals surface area contributed by atoms with E-state index in [4.69, 9.17) is 15.2 Å². The van der Waals surface area contributed by atoms with Crippen LogP contribution in [0.1, 0.15) is 55.6 Å². The van der Waals surface area contributed by atoms with Crippen molar-refractivity contribution in [3.63, 3.8) is 0 Å². The molecule has 0 bridgehead atoms. The molecule has 136 valence electrons. The fourth-order valence-corrected chi connectivity index (χ4v) is 3.07. The van der Waals surface area contributed by atoms with Crippen molar-refractivity contribution in [3.05, 3.63) is 17.3 Å². The van der Waals surface area contributed by atoms with Crippen LogP contribution >= 0.6 is 0 Å². The molecule has 2 rings (SSSR count). The predicted molar refractivity (Wildman–Crippen MR) is 95.6 cm³/mol. The van der Waals surface area contributed by atoms with Crippen LogP contribution in [0.3, 0.4) is 0 Å². The number of unbranched alkanes of at least 4 members (excludes halogenated alkanes) is 1. The topological polar surface area (TPSA) is 80.6 Å². The maximum Gasteiger partial charge on any atom is 0.340 e. The van der Waals surface area contributed by atoms with Gasteiger partial charge in [0.05, 0.1) is 18.3 Å². The number of carbonyl (C=O) groups is 1. The molecule has 1 aliphatic rings. The zero-order valence-corrected chi connectivity index (χ0v) is 15.1. The van der Waals surface area contributed by atoms with Crippen LogP contribution in [0.2, 0.25) is 0 Å². The maximum absolute atomic E-state index is 12.4. The van der Waals surface area contributed by atoms with Gasteiger partial charge in [0.2, 0.25) is 0 Å². The number of rotatable bonds is 8. The number of hydrogen-bond donors (Lipinski definition) is 2. The van der Waals surface area contributed by atoms with Crippen molar-refractivity contribution in [2.75, 3.05) is 31.7 Å². The molecule has 2 atom stereocenters. The zero-order valence-electron chi connectivity index (χ0n) is 15.1. The molecule has 1 saturated heterocycles. The van der Waals surface area contributed by atoms with Gasteiger partial charge in [0.15, 0.2) is 0 Å². The monoisotopic (exact) mass is 337 g/mol. The molecule has 1 aromatic rings. The van der Waals surface area contributed by atoms with Gasteiger partial charge in [-0.1, -0.05) is 26.7 Å². The number of aryl methyl sites for hydroxylation is 1. The second kappa shape index (κ2) is 9.08. The van der Waals surface area contributed by atoms with E-state index in [1.807, 2.05) is 6.07 Å². The van der Waals surface area contributed by atoms with Gasteiger partial charge >= 0.3 is 5.97 Å². The van der Waals surface area contributed by atoms with Crippen molar-refractivity contribution in [2.45, 2.75) is 58.1 Å². The SMILES string of the molecule is CCCCOC(=O)c1cc(N2CCC(N)C(OC)C2)[nH]c1CCC. The molecule has 0 radical (unpaired) electrons. The minimum Gasteiger partial charge on any atom is -0.462 e. The van der Waals surface area contributed by atoms with E-state index < -0.39 is 0 Å². The molecular weight excluding hydrogens is 306 g/mol. The van der Waals surface area contributed by atoms with Crippen LogP contribution < -0.4 is 10.6 Å². The third-order valence-corrected chi connectivity index (χ3v) is 4.59. The van der Waals surface area contributed by atoms with E-state index in [9.17, 15) is 4.79 Å². The molecule has 1 aromatic heterocycles. The second-order valence-corrected chi connectivity index (χ2v) is 6.46. The summed E-state index contributed by atoms with van der Waals surface area (Å²) in [5.74, 6) is 0.723. The van der Waals surface area contributed by atoms with Crippen molar-refractivity contribution in [3.8, 4) is 0 Å². The summed E-state index contributed by atoms with van der Waals surface area (Å²) in [6.07, 6.45) is 4.60. The Kier molecular flexibility index (Phi) is 7.12. The number of anilines is 1. The summed E-state index contributed by atoms with van der Waals surface area (Å²) < 4.78 is 10.9. The minimum absolute atomic E-state index is 0.0108. The summed E-state index contributed by atoms with van der Waals surface area (Å²) in [5, 5.41) is 0. The highest BCUT2D eigenvalue weighted by atomic mass is 16.5. The Morgan fingerprint density at radius 3 is 2.88 bits per heavy atom.